The maximum Gasteiger partial charge on any atom is 0.227 e. The van der Waals surface area contributed by atoms with Gasteiger partial charge in [-0.05, 0) is 24.1 Å². The van der Waals surface area contributed by atoms with Gasteiger partial charge in [-0.2, -0.15) is 5.10 Å². The minimum absolute atomic E-state index is 0.00241. The molecule has 0 aliphatic carbocycles. The summed E-state index contributed by atoms with van der Waals surface area (Å²) in [6.07, 6.45) is 0.708. The predicted molar refractivity (Wildman–Crippen MR) is 80.3 cm³/mol. The van der Waals surface area contributed by atoms with Gasteiger partial charge in [-0.15, -0.1) is 0 Å². The Bertz CT molecular complexity index is 654. The van der Waals surface area contributed by atoms with E-state index in [1.807, 2.05) is 30.3 Å². The van der Waals surface area contributed by atoms with Gasteiger partial charge in [0.15, 0.2) is 0 Å². The zero-order chi connectivity index (χ0) is 15.4. The molecule has 0 bridgehead atoms. The van der Waals surface area contributed by atoms with Crippen LogP contribution in [0.25, 0.3) is 0 Å². The third kappa shape index (κ3) is 3.28. The van der Waals surface area contributed by atoms with Crippen molar-refractivity contribution in [3.63, 3.8) is 0 Å². The molecule has 3 rings (SSSR count). The number of amides is 1. The zero-order valence-electron chi connectivity index (χ0n) is 12.5. The topological polar surface area (TPSA) is 76.2 Å². The van der Waals surface area contributed by atoms with Crippen LogP contribution in [0.1, 0.15) is 17.0 Å². The molecule has 1 atom stereocenters. The molecule has 0 radical (unpaired) electrons. The van der Waals surface area contributed by atoms with Crippen LogP contribution in [0.15, 0.2) is 30.3 Å². The maximum atomic E-state index is 12.3. The van der Waals surface area contributed by atoms with Crippen molar-refractivity contribution in [2.24, 2.45) is 5.92 Å². The van der Waals surface area contributed by atoms with E-state index in [4.69, 9.17) is 9.47 Å². The van der Waals surface area contributed by atoms with Gasteiger partial charge in [-0.3, -0.25) is 9.89 Å². The predicted octanol–water partition coefficient (Wildman–Crippen LogP) is 1.42. The minimum Gasteiger partial charge on any atom is -0.492 e. The van der Waals surface area contributed by atoms with Crippen LogP contribution < -0.4 is 10.1 Å². The van der Waals surface area contributed by atoms with Crippen LogP contribution in [0.3, 0.4) is 0 Å². The van der Waals surface area contributed by atoms with Crippen molar-refractivity contribution >= 4 is 5.91 Å². The molecule has 2 aromatic rings. The Morgan fingerprint density at radius 1 is 1.50 bits per heavy atom. The molecule has 22 heavy (non-hydrogen) atoms. The van der Waals surface area contributed by atoms with Gasteiger partial charge in [-0.25, -0.2) is 0 Å². The third-order valence-electron chi connectivity index (χ3n) is 3.68. The van der Waals surface area contributed by atoms with Gasteiger partial charge < -0.3 is 14.8 Å². The monoisotopic (exact) mass is 301 g/mol. The Morgan fingerprint density at radius 3 is 3.23 bits per heavy atom. The molecule has 1 aliphatic heterocycles. The molecule has 1 amide bonds. The van der Waals surface area contributed by atoms with Crippen LogP contribution in [0.5, 0.6) is 5.75 Å². The standard InChI is InChI=1S/C16H19N3O3/c1-21-10-14-7-13(18-19-14)8-17-16(20)12-6-11-4-2-3-5-15(11)22-9-12/h2-5,7,12H,6,8-10H2,1H3,(H,17,20)(H,18,19). The summed E-state index contributed by atoms with van der Waals surface area (Å²) in [7, 11) is 1.62. The molecule has 1 aliphatic rings. The highest BCUT2D eigenvalue weighted by molar-refractivity contribution is 5.79. The van der Waals surface area contributed by atoms with Crippen molar-refractivity contribution in [1.82, 2.24) is 15.5 Å². The smallest absolute Gasteiger partial charge is 0.227 e. The highest BCUT2D eigenvalue weighted by Gasteiger charge is 2.25. The van der Waals surface area contributed by atoms with E-state index in [0.29, 0.717) is 26.2 Å². The average molecular weight is 301 g/mol. The zero-order valence-corrected chi connectivity index (χ0v) is 12.5. The SMILES string of the molecule is COCc1cc(CNC(=O)C2COc3ccccc3C2)[nH]n1. The Kier molecular flexibility index (Phi) is 4.39. The highest BCUT2D eigenvalue weighted by Crippen LogP contribution is 2.26. The van der Waals surface area contributed by atoms with E-state index < -0.39 is 0 Å². The van der Waals surface area contributed by atoms with Gasteiger partial charge in [-0.1, -0.05) is 18.2 Å². The molecule has 1 aromatic carbocycles. The summed E-state index contributed by atoms with van der Waals surface area (Å²) in [5, 5.41) is 9.91. The van der Waals surface area contributed by atoms with Gasteiger partial charge in [0, 0.05) is 7.11 Å². The molecule has 6 heteroatoms. The maximum absolute atomic E-state index is 12.3. The molecule has 0 fully saturated rings. The van der Waals surface area contributed by atoms with Gasteiger partial charge in [0.2, 0.25) is 5.91 Å². The number of hydrogen-bond donors (Lipinski definition) is 2. The van der Waals surface area contributed by atoms with Crippen molar-refractivity contribution in [3.05, 3.63) is 47.3 Å². The van der Waals surface area contributed by atoms with Crippen LogP contribution in [0.2, 0.25) is 0 Å². The summed E-state index contributed by atoms with van der Waals surface area (Å²) < 4.78 is 10.7. The molecule has 6 nitrogen and oxygen atoms in total. The molecule has 0 saturated carbocycles. The number of carbonyl (C=O) groups is 1. The second kappa shape index (κ2) is 6.62. The first-order chi connectivity index (χ1) is 10.8. The lowest BCUT2D eigenvalue weighted by molar-refractivity contribution is -0.126. The lowest BCUT2D eigenvalue weighted by Gasteiger charge is -2.24. The lowest BCUT2D eigenvalue weighted by Crippen LogP contribution is -2.37. The van der Waals surface area contributed by atoms with E-state index in [1.54, 1.807) is 7.11 Å². The summed E-state index contributed by atoms with van der Waals surface area (Å²) in [6.45, 7) is 1.30. The lowest BCUT2D eigenvalue weighted by atomic mass is 9.96. The van der Waals surface area contributed by atoms with E-state index in [1.165, 1.54) is 0 Å². The Balaban J connectivity index is 1.54. The van der Waals surface area contributed by atoms with E-state index in [9.17, 15) is 4.79 Å². The Hall–Kier alpha value is -2.34. The van der Waals surface area contributed by atoms with Crippen LogP contribution in [-0.2, 0) is 29.1 Å². The molecule has 2 heterocycles. The average Bonchev–Trinajstić information content (AvgIpc) is 3.00. The first kappa shape index (κ1) is 14.6. The van der Waals surface area contributed by atoms with Crippen LogP contribution >= 0.6 is 0 Å². The summed E-state index contributed by atoms with van der Waals surface area (Å²) in [5.74, 6) is 0.720. The summed E-state index contributed by atoms with van der Waals surface area (Å²) >= 11 is 0. The van der Waals surface area contributed by atoms with Gasteiger partial charge in [0.1, 0.15) is 12.4 Å². The first-order valence-electron chi connectivity index (χ1n) is 7.27. The minimum atomic E-state index is -0.156. The van der Waals surface area contributed by atoms with Gasteiger partial charge in [0.05, 0.1) is 30.5 Å². The number of fused-ring (bicyclic) bond motifs is 1. The van der Waals surface area contributed by atoms with E-state index in [0.717, 1.165) is 22.7 Å². The summed E-state index contributed by atoms with van der Waals surface area (Å²) in [5.41, 5.74) is 2.76. The third-order valence-corrected chi connectivity index (χ3v) is 3.68. The Morgan fingerprint density at radius 2 is 2.36 bits per heavy atom. The molecule has 1 aromatic heterocycles. The van der Waals surface area contributed by atoms with E-state index in [2.05, 4.69) is 15.5 Å². The number of ether oxygens (including phenoxy) is 2. The van der Waals surface area contributed by atoms with E-state index >= 15 is 0 Å². The number of methoxy groups -OCH3 is 1. The number of hydrogen-bond acceptors (Lipinski definition) is 4. The van der Waals surface area contributed by atoms with Gasteiger partial charge in [0.25, 0.3) is 0 Å². The van der Waals surface area contributed by atoms with Crippen molar-refractivity contribution in [1.29, 1.82) is 0 Å². The molecule has 0 saturated heterocycles. The summed E-state index contributed by atoms with van der Waals surface area (Å²) in [6, 6.07) is 9.72. The second-order valence-electron chi connectivity index (χ2n) is 5.36. The van der Waals surface area contributed by atoms with Crippen LogP contribution in [0.4, 0.5) is 0 Å². The molecule has 2 N–H and O–H groups in total. The number of rotatable bonds is 5. The fourth-order valence-corrected chi connectivity index (χ4v) is 2.54. The number of nitrogens with one attached hydrogen (secondary N) is 2. The molecule has 1 unspecified atom stereocenters. The number of aromatic nitrogens is 2. The number of H-pyrrole nitrogens is 1. The quantitative estimate of drug-likeness (QED) is 0.876. The van der Waals surface area contributed by atoms with Crippen molar-refractivity contribution in [2.45, 2.75) is 19.6 Å². The van der Waals surface area contributed by atoms with Gasteiger partial charge >= 0.3 is 0 Å². The normalized spacial score (nSPS) is 16.7. The summed E-state index contributed by atoms with van der Waals surface area (Å²) in [4.78, 5) is 12.3. The Labute approximate surface area is 128 Å². The van der Waals surface area contributed by atoms with Crippen LogP contribution in [0, 0.1) is 5.92 Å². The number of para-hydroxylation sites is 1. The molecule has 116 valence electrons. The molecule has 0 spiro atoms. The number of carbonyl (C=O) groups excluding carboxylic acids is 1. The van der Waals surface area contributed by atoms with Crippen molar-refractivity contribution < 1.29 is 14.3 Å². The second-order valence-corrected chi connectivity index (χ2v) is 5.36. The first-order valence-corrected chi connectivity index (χ1v) is 7.27. The molecular weight excluding hydrogens is 282 g/mol. The number of nitrogens with zero attached hydrogens (tertiary/aromatic N) is 1. The number of aromatic amines is 1. The fraction of sp³-hybridized carbons (Fsp3) is 0.375. The van der Waals surface area contributed by atoms with Crippen LogP contribution in [-0.4, -0.2) is 29.8 Å². The van der Waals surface area contributed by atoms with Crippen molar-refractivity contribution in [3.8, 4) is 5.75 Å². The number of benzene rings is 1. The molecular formula is C16H19N3O3. The highest BCUT2D eigenvalue weighted by atomic mass is 16.5. The largest absolute Gasteiger partial charge is 0.492 e. The fourth-order valence-electron chi connectivity index (χ4n) is 2.54. The van der Waals surface area contributed by atoms with Crippen molar-refractivity contribution in [2.75, 3.05) is 13.7 Å². The van der Waals surface area contributed by atoms with E-state index in [-0.39, 0.29) is 11.8 Å².